The Morgan fingerprint density at radius 1 is 1.23 bits per heavy atom. The van der Waals surface area contributed by atoms with Crippen LogP contribution in [0.5, 0.6) is 0 Å². The van der Waals surface area contributed by atoms with Crippen molar-refractivity contribution in [3.63, 3.8) is 0 Å². The van der Waals surface area contributed by atoms with E-state index < -0.39 is 23.3 Å². The first-order valence-electron chi connectivity index (χ1n) is 13.0. The lowest BCUT2D eigenvalue weighted by molar-refractivity contribution is -0.160. The third-order valence-corrected chi connectivity index (χ3v) is 7.23. The average Bonchev–Trinajstić information content (AvgIpc) is 3.29. The lowest BCUT2D eigenvalue weighted by Crippen LogP contribution is -2.46. The van der Waals surface area contributed by atoms with Gasteiger partial charge in [0.1, 0.15) is 6.54 Å². The first-order valence-corrected chi connectivity index (χ1v) is 13.0. The second-order valence-corrected chi connectivity index (χ2v) is 9.57. The van der Waals surface area contributed by atoms with Crippen LogP contribution in [0.4, 0.5) is 0 Å². The van der Waals surface area contributed by atoms with Crippen LogP contribution < -0.4 is 5.32 Å². The first kappa shape index (κ1) is 27.6. The van der Waals surface area contributed by atoms with Gasteiger partial charge >= 0.3 is 11.9 Å². The van der Waals surface area contributed by atoms with Crippen LogP contribution in [-0.2, 0) is 25.7 Å². The number of carbonyl (C=O) groups is 3. The van der Waals surface area contributed by atoms with Crippen LogP contribution in [0, 0.1) is 0 Å². The first-order chi connectivity index (χ1) is 18.6. The number of esters is 1. The third-order valence-electron chi connectivity index (χ3n) is 7.23. The molecule has 0 saturated carbocycles. The fourth-order valence-corrected chi connectivity index (χ4v) is 5.18. The number of carbonyl (C=O) groups excluding carboxylic acids is 2. The Labute approximate surface area is 228 Å². The standard InChI is InChI=1S/C31H33N3O5/c1-6-23-20(5)34-18-22-15-21-11-9-10-12-25(21)33-30(22)26(34)16-24(23)31(8-3,27(35)7-2)39-29(38)17-32-19(4)13-14-28(36)37/h7,9-12,15-16,32H,2,4-6,8,13-14,17-18H2,1,3H3,(H,36,37). The monoisotopic (exact) mass is 527 g/mol. The number of carboxylic acid groups (broad SMARTS) is 1. The molecule has 1 unspecified atom stereocenters. The van der Waals surface area contributed by atoms with Crippen molar-refractivity contribution < 1.29 is 24.2 Å². The molecule has 2 aromatic rings. The van der Waals surface area contributed by atoms with E-state index in [0.717, 1.165) is 39.1 Å². The number of hydrogen-bond acceptors (Lipinski definition) is 7. The maximum absolute atomic E-state index is 13.5. The molecule has 0 spiro atoms. The Hall–Kier alpha value is -4.46. The molecule has 0 bridgehead atoms. The van der Waals surface area contributed by atoms with Crippen molar-refractivity contribution in [2.75, 3.05) is 6.54 Å². The van der Waals surface area contributed by atoms with E-state index in [2.05, 4.69) is 36.0 Å². The van der Waals surface area contributed by atoms with Gasteiger partial charge in [-0.3, -0.25) is 14.4 Å². The summed E-state index contributed by atoms with van der Waals surface area (Å²) in [7, 11) is 0. The molecule has 2 aliphatic rings. The minimum atomic E-state index is -1.62. The molecule has 1 aromatic heterocycles. The number of nitrogens with one attached hydrogen (secondary N) is 1. The highest BCUT2D eigenvalue weighted by molar-refractivity contribution is 6.02. The average molecular weight is 528 g/mol. The van der Waals surface area contributed by atoms with Gasteiger partial charge < -0.3 is 20.1 Å². The van der Waals surface area contributed by atoms with E-state index in [1.165, 1.54) is 6.08 Å². The van der Waals surface area contributed by atoms with Crippen LogP contribution in [-0.4, -0.2) is 44.9 Å². The molecule has 0 saturated heterocycles. The SMILES string of the molecule is C=CC(=O)C(CC)(OC(=O)CNC(=C)CCC(=O)O)C1=C(CC)C(=C)N2Cc3cc4ccccc4nc3C2=C1. The highest BCUT2D eigenvalue weighted by Crippen LogP contribution is 2.46. The summed E-state index contributed by atoms with van der Waals surface area (Å²) in [6.07, 6.45) is 3.88. The van der Waals surface area contributed by atoms with Gasteiger partial charge in [-0.05, 0) is 49.1 Å². The minimum Gasteiger partial charge on any atom is -0.481 e. The number of fused-ring (bicyclic) bond motifs is 4. The largest absolute Gasteiger partial charge is 0.481 e. The predicted octanol–water partition coefficient (Wildman–Crippen LogP) is 5.04. The molecule has 2 N–H and O–H groups in total. The van der Waals surface area contributed by atoms with Gasteiger partial charge in [0, 0.05) is 27.9 Å². The molecule has 4 rings (SSSR count). The molecule has 1 atom stereocenters. The highest BCUT2D eigenvalue weighted by atomic mass is 16.6. The Bertz CT molecular complexity index is 1470. The van der Waals surface area contributed by atoms with E-state index in [-0.39, 0.29) is 25.8 Å². The lowest BCUT2D eigenvalue weighted by Gasteiger charge is -2.38. The molecule has 3 heterocycles. The number of para-hydroxylation sites is 1. The zero-order valence-corrected chi connectivity index (χ0v) is 22.4. The quantitative estimate of drug-likeness (QED) is 0.292. The number of aromatic nitrogens is 1. The number of ether oxygens (including phenoxy) is 1. The van der Waals surface area contributed by atoms with E-state index in [4.69, 9.17) is 14.8 Å². The van der Waals surface area contributed by atoms with Crippen LogP contribution in [0.15, 0.2) is 84.8 Å². The summed E-state index contributed by atoms with van der Waals surface area (Å²) < 4.78 is 5.98. The third kappa shape index (κ3) is 5.14. The van der Waals surface area contributed by atoms with Gasteiger partial charge in [-0.15, -0.1) is 0 Å². The highest BCUT2D eigenvalue weighted by Gasteiger charge is 2.46. The molecule has 8 heteroatoms. The van der Waals surface area contributed by atoms with Gasteiger partial charge in [-0.1, -0.05) is 51.8 Å². The van der Waals surface area contributed by atoms with E-state index in [0.29, 0.717) is 24.2 Å². The number of ketones is 1. The van der Waals surface area contributed by atoms with Crippen molar-refractivity contribution in [3.05, 3.63) is 96.0 Å². The van der Waals surface area contributed by atoms with Gasteiger partial charge in [-0.2, -0.15) is 0 Å². The van der Waals surface area contributed by atoms with E-state index >= 15 is 0 Å². The summed E-state index contributed by atoms with van der Waals surface area (Å²) in [5.74, 6) is -2.07. The number of nitrogens with zero attached hydrogens (tertiary/aromatic N) is 2. The van der Waals surface area contributed by atoms with Gasteiger partial charge in [0.25, 0.3) is 0 Å². The van der Waals surface area contributed by atoms with Crippen molar-refractivity contribution in [1.29, 1.82) is 0 Å². The molecule has 39 heavy (non-hydrogen) atoms. The molecule has 0 fully saturated rings. The summed E-state index contributed by atoms with van der Waals surface area (Å²) in [6.45, 7) is 15.9. The van der Waals surface area contributed by atoms with Crippen LogP contribution >= 0.6 is 0 Å². The molecule has 1 aromatic carbocycles. The molecule has 8 nitrogen and oxygen atoms in total. The van der Waals surface area contributed by atoms with Crippen molar-refractivity contribution in [3.8, 4) is 0 Å². The van der Waals surface area contributed by atoms with Crippen LogP contribution in [0.25, 0.3) is 16.6 Å². The number of carboxylic acids is 1. The van der Waals surface area contributed by atoms with E-state index in [1.54, 1.807) is 6.92 Å². The summed E-state index contributed by atoms with van der Waals surface area (Å²) in [5, 5.41) is 12.7. The number of pyridine rings is 1. The molecule has 202 valence electrons. The Balaban J connectivity index is 1.74. The predicted molar refractivity (Wildman–Crippen MR) is 150 cm³/mol. The number of benzene rings is 1. The maximum Gasteiger partial charge on any atom is 0.326 e. The van der Waals surface area contributed by atoms with Crippen molar-refractivity contribution in [2.45, 2.75) is 51.7 Å². The zero-order valence-electron chi connectivity index (χ0n) is 22.4. The number of allylic oxidation sites excluding steroid dienone is 2. The fraction of sp³-hybridized carbons (Fsp3) is 0.290. The van der Waals surface area contributed by atoms with Crippen molar-refractivity contribution in [1.82, 2.24) is 15.2 Å². The number of rotatable bonds is 12. The second-order valence-electron chi connectivity index (χ2n) is 9.57. The molecule has 0 amide bonds. The molecular weight excluding hydrogens is 494 g/mol. The summed E-state index contributed by atoms with van der Waals surface area (Å²) in [4.78, 5) is 44.4. The molecule has 2 aliphatic heterocycles. The Morgan fingerprint density at radius 3 is 2.64 bits per heavy atom. The van der Waals surface area contributed by atoms with E-state index in [9.17, 15) is 14.4 Å². The van der Waals surface area contributed by atoms with Gasteiger partial charge in [0.2, 0.25) is 5.78 Å². The Morgan fingerprint density at radius 2 is 1.97 bits per heavy atom. The molecular formula is C31H33N3O5. The van der Waals surface area contributed by atoms with Gasteiger partial charge in [-0.25, -0.2) is 4.98 Å². The minimum absolute atomic E-state index is 0.113. The summed E-state index contributed by atoms with van der Waals surface area (Å²) in [5.41, 5.74) is 4.42. The van der Waals surface area contributed by atoms with Crippen LogP contribution in [0.3, 0.4) is 0 Å². The molecule has 0 aliphatic carbocycles. The number of aliphatic carboxylic acids is 1. The lowest BCUT2D eigenvalue weighted by atomic mass is 9.79. The zero-order chi connectivity index (χ0) is 28.3. The van der Waals surface area contributed by atoms with Crippen molar-refractivity contribution in [2.24, 2.45) is 0 Å². The normalized spacial score (nSPS) is 15.7. The van der Waals surface area contributed by atoms with Crippen LogP contribution in [0.2, 0.25) is 0 Å². The van der Waals surface area contributed by atoms with E-state index in [1.807, 2.05) is 37.3 Å². The number of hydrogen-bond donors (Lipinski definition) is 2. The summed E-state index contributed by atoms with van der Waals surface area (Å²) in [6, 6.07) is 10.0. The van der Waals surface area contributed by atoms with Crippen LogP contribution in [0.1, 0.15) is 50.8 Å². The van der Waals surface area contributed by atoms with Gasteiger partial charge in [0.05, 0.1) is 29.9 Å². The second kappa shape index (κ2) is 11.1. The summed E-state index contributed by atoms with van der Waals surface area (Å²) >= 11 is 0. The molecule has 0 radical (unpaired) electrons. The van der Waals surface area contributed by atoms with Gasteiger partial charge in [0.15, 0.2) is 5.60 Å². The Kier molecular flexibility index (Phi) is 7.85. The maximum atomic E-state index is 13.5. The van der Waals surface area contributed by atoms with Crippen molar-refractivity contribution >= 4 is 34.3 Å². The topological polar surface area (TPSA) is 109 Å². The smallest absolute Gasteiger partial charge is 0.326 e. The fourth-order valence-electron chi connectivity index (χ4n) is 5.18.